The van der Waals surface area contributed by atoms with E-state index in [1.165, 1.54) is 19.4 Å². The number of fused-ring (bicyclic) bond motifs is 1. The zero-order valence-corrected chi connectivity index (χ0v) is 23.4. The van der Waals surface area contributed by atoms with Gasteiger partial charge >= 0.3 is 0 Å². The Morgan fingerprint density at radius 1 is 0.907 bits per heavy atom. The number of nitrogens with one attached hydrogen (secondary N) is 6. The summed E-state index contributed by atoms with van der Waals surface area (Å²) >= 11 is 0. The highest BCUT2D eigenvalue weighted by atomic mass is 16.2. The van der Waals surface area contributed by atoms with E-state index in [9.17, 15) is 33.6 Å². The molecule has 15 heteroatoms. The molecular formula is C28H34N8O7. The van der Waals surface area contributed by atoms with E-state index in [-0.39, 0.29) is 32.1 Å². The molecule has 0 bridgehead atoms. The summed E-state index contributed by atoms with van der Waals surface area (Å²) in [7, 11) is 0. The number of imidazole rings is 1. The highest BCUT2D eigenvalue weighted by Crippen LogP contribution is 2.19. The number of aromatic nitrogens is 3. The second kappa shape index (κ2) is 15.6. The van der Waals surface area contributed by atoms with Crippen molar-refractivity contribution in [1.82, 2.24) is 36.2 Å². The van der Waals surface area contributed by atoms with Crippen molar-refractivity contribution in [1.29, 1.82) is 0 Å². The van der Waals surface area contributed by atoms with E-state index in [1.54, 1.807) is 6.20 Å². The molecule has 1 aromatic carbocycles. The number of carbonyl (C=O) groups is 7. The number of H-pyrrole nitrogens is 2. The van der Waals surface area contributed by atoms with Crippen molar-refractivity contribution in [2.45, 2.75) is 63.2 Å². The largest absolute Gasteiger partial charge is 0.370 e. The van der Waals surface area contributed by atoms with E-state index in [1.807, 2.05) is 24.3 Å². The van der Waals surface area contributed by atoms with Gasteiger partial charge in [-0.05, 0) is 18.1 Å². The van der Waals surface area contributed by atoms with Crippen molar-refractivity contribution in [3.8, 4) is 0 Å². The van der Waals surface area contributed by atoms with E-state index in [2.05, 4.69) is 36.2 Å². The van der Waals surface area contributed by atoms with Crippen molar-refractivity contribution >= 4 is 53.0 Å². The van der Waals surface area contributed by atoms with Gasteiger partial charge in [0, 0.05) is 61.6 Å². The summed E-state index contributed by atoms with van der Waals surface area (Å²) in [5.41, 5.74) is 7.36. The molecule has 0 aliphatic carbocycles. The van der Waals surface area contributed by atoms with Gasteiger partial charge in [0.25, 0.3) is 0 Å². The Morgan fingerprint density at radius 3 is 2.23 bits per heavy atom. The van der Waals surface area contributed by atoms with E-state index < -0.39 is 53.7 Å². The third-order valence-electron chi connectivity index (χ3n) is 6.56. The summed E-state index contributed by atoms with van der Waals surface area (Å²) in [6.45, 7) is 1.25. The fourth-order valence-electron chi connectivity index (χ4n) is 4.44. The topological polar surface area (TPSA) is 238 Å². The van der Waals surface area contributed by atoms with Crippen LogP contribution in [0, 0.1) is 0 Å². The number of nitrogens with zero attached hydrogens (tertiary/aromatic N) is 1. The molecule has 0 aliphatic heterocycles. The average Bonchev–Trinajstić information content (AvgIpc) is 3.63. The van der Waals surface area contributed by atoms with Crippen LogP contribution in [0.5, 0.6) is 0 Å². The van der Waals surface area contributed by atoms with Gasteiger partial charge in [0.05, 0.1) is 12.4 Å². The van der Waals surface area contributed by atoms with Crippen LogP contribution < -0.4 is 27.0 Å². The summed E-state index contributed by atoms with van der Waals surface area (Å²) in [5.74, 6) is -3.49. The van der Waals surface area contributed by atoms with Crippen LogP contribution >= 0.6 is 0 Å². The molecule has 0 aliphatic rings. The number of hydrogen-bond acceptors (Lipinski definition) is 8. The molecular weight excluding hydrogens is 560 g/mol. The highest BCUT2D eigenvalue weighted by molar-refractivity contribution is 5.95. The molecule has 15 nitrogen and oxygen atoms in total. The molecule has 3 rings (SSSR count). The summed E-state index contributed by atoms with van der Waals surface area (Å²) in [4.78, 5) is 95.4. The fraction of sp³-hybridized carbons (Fsp3) is 0.357. The van der Waals surface area contributed by atoms with Crippen LogP contribution in [0.25, 0.3) is 10.9 Å². The molecule has 0 saturated heterocycles. The predicted octanol–water partition coefficient (Wildman–Crippen LogP) is -1.31. The number of rotatable bonds is 17. The molecule has 0 saturated carbocycles. The van der Waals surface area contributed by atoms with E-state index in [0.29, 0.717) is 18.3 Å². The van der Waals surface area contributed by atoms with E-state index >= 15 is 0 Å². The molecule has 0 radical (unpaired) electrons. The predicted molar refractivity (Wildman–Crippen MR) is 153 cm³/mol. The molecule has 5 amide bonds. The van der Waals surface area contributed by atoms with Gasteiger partial charge in [0.15, 0.2) is 0 Å². The molecule has 2 aromatic heterocycles. The lowest BCUT2D eigenvalue weighted by Crippen LogP contribution is -2.58. The molecule has 8 N–H and O–H groups in total. The number of primary amides is 1. The minimum atomic E-state index is -1.33. The Morgan fingerprint density at radius 2 is 1.58 bits per heavy atom. The lowest BCUT2D eigenvalue weighted by atomic mass is 10.0. The maximum Gasteiger partial charge on any atom is 0.243 e. The Labute approximate surface area is 246 Å². The van der Waals surface area contributed by atoms with Gasteiger partial charge in [-0.1, -0.05) is 18.2 Å². The van der Waals surface area contributed by atoms with Crippen molar-refractivity contribution < 1.29 is 33.6 Å². The smallest absolute Gasteiger partial charge is 0.243 e. The molecule has 0 unspecified atom stereocenters. The van der Waals surface area contributed by atoms with Crippen molar-refractivity contribution in [3.05, 3.63) is 54.2 Å². The number of aldehydes is 2. The van der Waals surface area contributed by atoms with Gasteiger partial charge in [-0.25, -0.2) is 4.98 Å². The normalized spacial score (nSPS) is 13.6. The van der Waals surface area contributed by atoms with Gasteiger partial charge in [0.1, 0.15) is 30.7 Å². The molecule has 2 heterocycles. The zero-order chi connectivity index (χ0) is 31.4. The average molecular weight is 595 g/mol. The number of hydrogen-bond donors (Lipinski definition) is 7. The first kappa shape index (κ1) is 32.2. The Hall–Kier alpha value is -5.34. The molecule has 3 aromatic rings. The second-order valence-corrected chi connectivity index (χ2v) is 9.88. The number of aromatic amines is 2. The van der Waals surface area contributed by atoms with Crippen LogP contribution in [0.3, 0.4) is 0 Å². The number of carbonyl (C=O) groups excluding carboxylic acids is 7. The number of amides is 5. The molecule has 4 atom stereocenters. The number of benzene rings is 1. The van der Waals surface area contributed by atoms with Crippen LogP contribution in [0.4, 0.5) is 0 Å². The maximum atomic E-state index is 13.5. The van der Waals surface area contributed by atoms with Crippen LogP contribution in [0.1, 0.15) is 37.4 Å². The number of para-hydroxylation sites is 1. The first-order chi connectivity index (χ1) is 20.6. The fourth-order valence-corrected chi connectivity index (χ4v) is 4.44. The van der Waals surface area contributed by atoms with E-state index in [0.717, 1.165) is 16.5 Å². The Kier molecular flexibility index (Phi) is 11.7. The highest BCUT2D eigenvalue weighted by Gasteiger charge is 2.31. The third kappa shape index (κ3) is 9.62. The molecule has 43 heavy (non-hydrogen) atoms. The maximum absolute atomic E-state index is 13.5. The monoisotopic (exact) mass is 594 g/mol. The van der Waals surface area contributed by atoms with Crippen LogP contribution in [0.2, 0.25) is 0 Å². The zero-order valence-electron chi connectivity index (χ0n) is 23.4. The first-order valence-electron chi connectivity index (χ1n) is 13.5. The SMILES string of the molecule is CC(=O)N[C@@H](Cc1c[nH]c2ccccc12)C(=O)N[C@@H](CCC(N)=O)C(=O)N[C@@H](Cc1cnc[nH]1)C(=O)N[C@H](C=O)CC=O. The Bertz CT molecular complexity index is 1450. The second-order valence-electron chi connectivity index (χ2n) is 9.88. The summed E-state index contributed by atoms with van der Waals surface area (Å²) in [5, 5.41) is 11.0. The summed E-state index contributed by atoms with van der Waals surface area (Å²) < 4.78 is 0. The van der Waals surface area contributed by atoms with Crippen LogP contribution in [0.15, 0.2) is 43.0 Å². The van der Waals surface area contributed by atoms with Crippen LogP contribution in [-0.4, -0.2) is 81.2 Å². The van der Waals surface area contributed by atoms with Crippen molar-refractivity contribution in [2.24, 2.45) is 5.73 Å². The quantitative estimate of drug-likeness (QED) is 0.0924. The first-order valence-corrected chi connectivity index (χ1v) is 13.5. The molecule has 0 fully saturated rings. The van der Waals surface area contributed by atoms with Crippen molar-refractivity contribution in [3.63, 3.8) is 0 Å². The van der Waals surface area contributed by atoms with Gasteiger partial charge in [-0.2, -0.15) is 0 Å². The van der Waals surface area contributed by atoms with Gasteiger partial charge in [0.2, 0.25) is 29.5 Å². The molecule has 228 valence electrons. The van der Waals surface area contributed by atoms with Crippen molar-refractivity contribution in [2.75, 3.05) is 0 Å². The summed E-state index contributed by atoms with van der Waals surface area (Å²) in [6.07, 6.45) is 4.68. The minimum Gasteiger partial charge on any atom is -0.370 e. The lowest BCUT2D eigenvalue weighted by molar-refractivity contribution is -0.134. The van der Waals surface area contributed by atoms with Gasteiger partial charge in [-0.3, -0.25) is 24.0 Å². The van der Waals surface area contributed by atoms with E-state index in [4.69, 9.17) is 5.73 Å². The van der Waals surface area contributed by atoms with Crippen LogP contribution in [-0.2, 0) is 46.4 Å². The Balaban J connectivity index is 1.81. The van der Waals surface area contributed by atoms with Gasteiger partial charge in [-0.15, -0.1) is 0 Å². The number of nitrogens with two attached hydrogens (primary N) is 1. The summed E-state index contributed by atoms with van der Waals surface area (Å²) in [6, 6.07) is 2.64. The third-order valence-corrected chi connectivity index (χ3v) is 6.56. The van der Waals surface area contributed by atoms with Gasteiger partial charge < -0.3 is 46.6 Å². The standard InChI is InChI=1S/C28H34N8O7/c1-16(39)33-23(10-17-12-31-21-5-3-2-4-20(17)21)28(43)35-22(6-7-25(29)40)26(41)36-24(11-19-13-30-15-32-19)27(42)34-18(14-38)8-9-37/h2-5,9,12-15,18,22-24,31H,6-8,10-11H2,1H3,(H2,29,40)(H,30,32)(H,33,39)(H,34,42)(H,35,43)(H,36,41)/t18-,22-,23-,24-/m0/s1. The molecule has 0 spiro atoms. The minimum absolute atomic E-state index is 0.0736. The lowest BCUT2D eigenvalue weighted by Gasteiger charge is -2.25.